The number of hydrogen-bond acceptors (Lipinski definition) is 5. The number of nitrogens with one attached hydrogen (secondary N) is 1. The minimum atomic E-state index is -0.940. The number of anilines is 2. The molecule has 2 heterocycles. The first-order valence-electron chi connectivity index (χ1n) is 8.12. The van der Waals surface area contributed by atoms with E-state index < -0.39 is 10.8 Å². The van der Waals surface area contributed by atoms with E-state index in [0.717, 1.165) is 48.3 Å². The van der Waals surface area contributed by atoms with Crippen LogP contribution < -0.4 is 10.2 Å². The Kier molecular flexibility index (Phi) is 5.48. The van der Waals surface area contributed by atoms with Crippen LogP contribution in [0.4, 0.5) is 11.5 Å². The number of morpholine rings is 1. The Bertz CT molecular complexity index is 682. The van der Waals surface area contributed by atoms with Crippen LogP contribution in [0, 0.1) is 0 Å². The van der Waals surface area contributed by atoms with E-state index in [1.54, 1.807) is 6.26 Å². The van der Waals surface area contributed by atoms with E-state index in [9.17, 15) is 4.21 Å². The summed E-state index contributed by atoms with van der Waals surface area (Å²) >= 11 is 0. The minimum absolute atomic E-state index is 0.131. The standard InChI is InChI=1S/C18H23N3O2S/c1-14(15-3-6-17(7-4-15)24(2)22)20-18-8-5-16(13-19-18)21-9-11-23-12-10-21/h3-8,13-14H,9-12H2,1-2H3,(H,19,20)/t14-,24+/m1/s1. The van der Waals surface area contributed by atoms with Crippen LogP contribution in [0.1, 0.15) is 18.5 Å². The highest BCUT2D eigenvalue weighted by atomic mass is 32.2. The summed E-state index contributed by atoms with van der Waals surface area (Å²) in [6.45, 7) is 5.46. The molecule has 3 rings (SSSR count). The second-order valence-corrected chi connectivity index (χ2v) is 7.27. The number of hydrogen-bond donors (Lipinski definition) is 1. The molecule has 1 aromatic heterocycles. The highest BCUT2D eigenvalue weighted by molar-refractivity contribution is 7.84. The molecule has 0 spiro atoms. The average Bonchev–Trinajstić information content (AvgIpc) is 2.63. The van der Waals surface area contributed by atoms with Gasteiger partial charge in [0.25, 0.3) is 0 Å². The molecule has 1 fully saturated rings. The lowest BCUT2D eigenvalue weighted by Crippen LogP contribution is -2.36. The van der Waals surface area contributed by atoms with Crippen LogP contribution in [-0.2, 0) is 15.5 Å². The van der Waals surface area contributed by atoms with E-state index >= 15 is 0 Å². The van der Waals surface area contributed by atoms with Crippen LogP contribution in [0.5, 0.6) is 0 Å². The van der Waals surface area contributed by atoms with Gasteiger partial charge in [-0.1, -0.05) is 12.1 Å². The number of benzene rings is 1. The van der Waals surface area contributed by atoms with E-state index in [1.165, 1.54) is 0 Å². The zero-order chi connectivity index (χ0) is 16.9. The molecule has 128 valence electrons. The van der Waals surface area contributed by atoms with Gasteiger partial charge in [-0.3, -0.25) is 4.21 Å². The lowest BCUT2D eigenvalue weighted by atomic mass is 10.1. The second-order valence-electron chi connectivity index (χ2n) is 5.89. The monoisotopic (exact) mass is 345 g/mol. The fraction of sp³-hybridized carbons (Fsp3) is 0.389. The molecule has 2 atom stereocenters. The third-order valence-corrected chi connectivity index (χ3v) is 5.14. The molecule has 5 nitrogen and oxygen atoms in total. The largest absolute Gasteiger partial charge is 0.378 e. The molecule has 0 radical (unpaired) electrons. The van der Waals surface area contributed by atoms with Gasteiger partial charge in [0.1, 0.15) is 5.82 Å². The maximum absolute atomic E-state index is 11.5. The summed E-state index contributed by atoms with van der Waals surface area (Å²) in [5.74, 6) is 0.850. The topological polar surface area (TPSA) is 54.5 Å². The summed E-state index contributed by atoms with van der Waals surface area (Å²) in [7, 11) is -0.940. The molecule has 0 bridgehead atoms. The molecular weight excluding hydrogens is 322 g/mol. The fourth-order valence-corrected chi connectivity index (χ4v) is 3.25. The maximum atomic E-state index is 11.5. The highest BCUT2D eigenvalue weighted by Gasteiger charge is 2.12. The van der Waals surface area contributed by atoms with Crippen LogP contribution in [0.3, 0.4) is 0 Å². The summed E-state index contributed by atoms with van der Waals surface area (Å²) in [6.07, 6.45) is 3.60. The first-order valence-corrected chi connectivity index (χ1v) is 9.68. The van der Waals surface area contributed by atoms with Crippen LogP contribution in [-0.4, -0.2) is 41.8 Å². The van der Waals surface area contributed by atoms with Crippen molar-refractivity contribution in [3.05, 3.63) is 48.2 Å². The summed E-state index contributed by atoms with van der Waals surface area (Å²) < 4.78 is 16.8. The van der Waals surface area contributed by atoms with E-state index in [4.69, 9.17) is 4.74 Å². The van der Waals surface area contributed by atoms with Crippen molar-refractivity contribution < 1.29 is 8.95 Å². The van der Waals surface area contributed by atoms with Gasteiger partial charge in [-0.25, -0.2) is 4.98 Å². The van der Waals surface area contributed by atoms with Gasteiger partial charge in [-0.15, -0.1) is 0 Å². The molecule has 1 aliphatic rings. The molecule has 6 heteroatoms. The molecule has 2 aromatic rings. The molecule has 1 N–H and O–H groups in total. The third-order valence-electron chi connectivity index (χ3n) is 4.20. The lowest BCUT2D eigenvalue weighted by molar-refractivity contribution is 0.122. The summed E-state index contributed by atoms with van der Waals surface area (Å²) in [4.78, 5) is 7.65. The summed E-state index contributed by atoms with van der Waals surface area (Å²) in [5, 5.41) is 3.41. The number of rotatable bonds is 5. The third kappa shape index (κ3) is 4.13. The lowest BCUT2D eigenvalue weighted by Gasteiger charge is -2.28. The Morgan fingerprint density at radius 1 is 1.17 bits per heavy atom. The predicted molar refractivity (Wildman–Crippen MR) is 98.1 cm³/mol. The van der Waals surface area contributed by atoms with Crippen LogP contribution in [0.15, 0.2) is 47.5 Å². The van der Waals surface area contributed by atoms with Crippen molar-refractivity contribution in [2.24, 2.45) is 0 Å². The average molecular weight is 345 g/mol. The maximum Gasteiger partial charge on any atom is 0.126 e. The summed E-state index contributed by atoms with van der Waals surface area (Å²) in [5.41, 5.74) is 2.27. The zero-order valence-corrected chi connectivity index (χ0v) is 14.9. The van der Waals surface area contributed by atoms with Gasteiger partial charge in [0.2, 0.25) is 0 Å². The van der Waals surface area contributed by atoms with Crippen molar-refractivity contribution in [1.82, 2.24) is 4.98 Å². The molecule has 0 aliphatic carbocycles. The number of nitrogens with zero attached hydrogens (tertiary/aromatic N) is 2. The first-order chi connectivity index (χ1) is 11.6. The Morgan fingerprint density at radius 2 is 1.88 bits per heavy atom. The van der Waals surface area contributed by atoms with E-state index in [2.05, 4.69) is 28.2 Å². The Balaban J connectivity index is 1.63. The normalized spacial score (nSPS) is 17.3. The minimum Gasteiger partial charge on any atom is -0.378 e. The van der Waals surface area contributed by atoms with Crippen molar-refractivity contribution in [2.45, 2.75) is 17.9 Å². The van der Waals surface area contributed by atoms with Gasteiger partial charge < -0.3 is 15.0 Å². The number of pyridine rings is 1. The molecule has 1 aromatic carbocycles. The van der Waals surface area contributed by atoms with Crippen molar-refractivity contribution in [3.8, 4) is 0 Å². The van der Waals surface area contributed by atoms with Crippen LogP contribution in [0.2, 0.25) is 0 Å². The molecule has 24 heavy (non-hydrogen) atoms. The number of aromatic nitrogens is 1. The summed E-state index contributed by atoms with van der Waals surface area (Å²) in [6, 6.07) is 12.1. The molecule has 0 amide bonds. The van der Waals surface area contributed by atoms with Gasteiger partial charge in [0, 0.05) is 41.1 Å². The molecule has 0 saturated carbocycles. The van der Waals surface area contributed by atoms with Gasteiger partial charge in [0.15, 0.2) is 0 Å². The van der Waals surface area contributed by atoms with E-state index in [-0.39, 0.29) is 6.04 Å². The predicted octanol–water partition coefficient (Wildman–Crippen LogP) is 2.83. The molecule has 1 saturated heterocycles. The quantitative estimate of drug-likeness (QED) is 0.903. The van der Waals surface area contributed by atoms with E-state index in [0.29, 0.717) is 0 Å². The fourth-order valence-electron chi connectivity index (χ4n) is 2.73. The van der Waals surface area contributed by atoms with Gasteiger partial charge >= 0.3 is 0 Å². The Morgan fingerprint density at radius 3 is 2.46 bits per heavy atom. The Hall–Kier alpha value is -1.92. The van der Waals surface area contributed by atoms with Crippen molar-refractivity contribution >= 4 is 22.3 Å². The molecule has 1 aliphatic heterocycles. The molecular formula is C18H23N3O2S. The first kappa shape index (κ1) is 16.9. The van der Waals surface area contributed by atoms with Crippen molar-refractivity contribution in [2.75, 3.05) is 42.8 Å². The SMILES string of the molecule is C[C@@H](Nc1ccc(N2CCOCC2)cn1)c1ccc([S@](C)=O)cc1. The smallest absolute Gasteiger partial charge is 0.126 e. The van der Waals surface area contributed by atoms with E-state index in [1.807, 2.05) is 36.5 Å². The second kappa shape index (κ2) is 7.77. The highest BCUT2D eigenvalue weighted by Crippen LogP contribution is 2.21. The Labute approximate surface area is 145 Å². The van der Waals surface area contributed by atoms with Crippen LogP contribution >= 0.6 is 0 Å². The van der Waals surface area contributed by atoms with Gasteiger partial charge in [-0.05, 0) is 36.8 Å². The molecule has 0 unspecified atom stereocenters. The van der Waals surface area contributed by atoms with Crippen molar-refractivity contribution in [1.29, 1.82) is 0 Å². The van der Waals surface area contributed by atoms with Crippen LogP contribution in [0.25, 0.3) is 0 Å². The number of ether oxygens (including phenoxy) is 1. The van der Waals surface area contributed by atoms with Gasteiger partial charge in [-0.2, -0.15) is 0 Å². The van der Waals surface area contributed by atoms with Gasteiger partial charge in [0.05, 0.1) is 25.1 Å². The van der Waals surface area contributed by atoms with Crippen molar-refractivity contribution in [3.63, 3.8) is 0 Å². The zero-order valence-electron chi connectivity index (χ0n) is 14.1.